The van der Waals surface area contributed by atoms with E-state index in [1.807, 2.05) is 12.1 Å². The van der Waals surface area contributed by atoms with Gasteiger partial charge in [0.1, 0.15) is 6.54 Å². The number of rotatable bonds is 3. The Morgan fingerprint density at radius 3 is 2.52 bits per heavy atom. The molecule has 1 aromatic carbocycles. The number of carbonyl (C=O) groups excluding carboxylic acids is 3. The van der Waals surface area contributed by atoms with Gasteiger partial charge in [-0.15, -0.1) is 0 Å². The fourth-order valence-corrected chi connectivity index (χ4v) is 2.96. The van der Waals surface area contributed by atoms with E-state index in [1.165, 1.54) is 0 Å². The summed E-state index contributed by atoms with van der Waals surface area (Å²) in [6.07, 6.45) is -0.345. The number of nitrogens with zero attached hydrogens (tertiary/aromatic N) is 3. The molecule has 0 aromatic heterocycles. The Hall–Kier alpha value is -2.77. The summed E-state index contributed by atoms with van der Waals surface area (Å²) >= 11 is 0. The van der Waals surface area contributed by atoms with Crippen LogP contribution in [0.5, 0.6) is 5.75 Å². The van der Waals surface area contributed by atoms with Crippen LogP contribution in [0.4, 0.5) is 10.5 Å². The molecule has 1 aromatic rings. The summed E-state index contributed by atoms with van der Waals surface area (Å²) in [4.78, 5) is 41.0. The molecule has 25 heavy (non-hydrogen) atoms. The number of amides is 2. The van der Waals surface area contributed by atoms with Crippen LogP contribution in [0, 0.1) is 0 Å². The van der Waals surface area contributed by atoms with E-state index in [4.69, 9.17) is 9.47 Å². The molecule has 2 heterocycles. The lowest BCUT2D eigenvalue weighted by Crippen LogP contribution is -2.53. The number of anilines is 1. The van der Waals surface area contributed by atoms with Crippen LogP contribution in [0.2, 0.25) is 0 Å². The minimum absolute atomic E-state index is 0.0472. The maximum absolute atomic E-state index is 12.6. The predicted molar refractivity (Wildman–Crippen MR) is 89.5 cm³/mol. The van der Waals surface area contributed by atoms with Crippen LogP contribution >= 0.6 is 0 Å². The van der Waals surface area contributed by atoms with Crippen LogP contribution in [0.1, 0.15) is 6.92 Å². The second-order valence-electron chi connectivity index (χ2n) is 5.86. The molecule has 0 atom stereocenters. The molecule has 1 saturated heterocycles. The van der Waals surface area contributed by atoms with Gasteiger partial charge in [-0.05, 0) is 19.1 Å². The fourth-order valence-electron chi connectivity index (χ4n) is 2.96. The highest BCUT2D eigenvalue weighted by molar-refractivity contribution is 5.89. The monoisotopic (exact) mass is 347 g/mol. The van der Waals surface area contributed by atoms with Gasteiger partial charge in [-0.25, -0.2) is 9.59 Å². The molecular formula is C17H21N3O5. The largest absolute Gasteiger partial charge is 0.450 e. The van der Waals surface area contributed by atoms with Crippen molar-refractivity contribution in [2.24, 2.45) is 0 Å². The Kier molecular flexibility index (Phi) is 5.06. The van der Waals surface area contributed by atoms with E-state index in [2.05, 4.69) is 0 Å². The highest BCUT2D eigenvalue weighted by atomic mass is 16.6. The van der Waals surface area contributed by atoms with E-state index in [9.17, 15) is 14.4 Å². The summed E-state index contributed by atoms with van der Waals surface area (Å²) < 4.78 is 10.2. The number of fused-ring (bicyclic) bond motifs is 1. The van der Waals surface area contributed by atoms with E-state index < -0.39 is 0 Å². The molecule has 2 amide bonds. The zero-order chi connectivity index (χ0) is 17.8. The summed E-state index contributed by atoms with van der Waals surface area (Å²) in [5.74, 6) is 0.0188. The highest BCUT2D eigenvalue weighted by Crippen LogP contribution is 2.31. The number of hydrogen-bond donors (Lipinski definition) is 0. The van der Waals surface area contributed by atoms with Crippen LogP contribution in [0.15, 0.2) is 24.3 Å². The van der Waals surface area contributed by atoms with Crippen molar-refractivity contribution in [3.63, 3.8) is 0 Å². The molecule has 0 radical (unpaired) electrons. The topological polar surface area (TPSA) is 79.4 Å². The molecule has 2 aliphatic heterocycles. The van der Waals surface area contributed by atoms with Crippen LogP contribution in [-0.4, -0.2) is 73.6 Å². The molecule has 8 nitrogen and oxygen atoms in total. The van der Waals surface area contributed by atoms with Gasteiger partial charge < -0.3 is 24.2 Å². The first-order chi connectivity index (χ1) is 12.1. The van der Waals surface area contributed by atoms with Crippen LogP contribution < -0.4 is 9.64 Å². The maximum Gasteiger partial charge on any atom is 0.409 e. The van der Waals surface area contributed by atoms with Gasteiger partial charge in [-0.3, -0.25) is 4.79 Å². The lowest BCUT2D eigenvalue weighted by Gasteiger charge is -2.36. The average Bonchev–Trinajstić information content (AvgIpc) is 2.62. The third-order valence-corrected chi connectivity index (χ3v) is 4.23. The average molecular weight is 347 g/mol. The molecule has 0 unspecified atom stereocenters. The maximum atomic E-state index is 12.6. The molecule has 2 aliphatic rings. The van der Waals surface area contributed by atoms with Crippen molar-refractivity contribution >= 4 is 23.7 Å². The summed E-state index contributed by atoms with van der Waals surface area (Å²) in [6, 6.07) is 7.16. The molecule has 0 spiro atoms. The van der Waals surface area contributed by atoms with Gasteiger partial charge in [-0.1, -0.05) is 12.1 Å². The third kappa shape index (κ3) is 3.84. The number of piperazine rings is 1. The smallest absolute Gasteiger partial charge is 0.409 e. The number of ether oxygens (including phenoxy) is 2. The van der Waals surface area contributed by atoms with Gasteiger partial charge in [0.05, 0.1) is 18.8 Å². The third-order valence-electron chi connectivity index (χ3n) is 4.23. The molecule has 0 saturated carbocycles. The molecule has 0 bridgehead atoms. The minimum atomic E-state index is -0.376. The van der Waals surface area contributed by atoms with Crippen molar-refractivity contribution in [1.29, 1.82) is 0 Å². The van der Waals surface area contributed by atoms with Crippen LogP contribution in [-0.2, 0) is 14.3 Å². The summed E-state index contributed by atoms with van der Waals surface area (Å²) in [7, 11) is 0. The zero-order valence-electron chi connectivity index (χ0n) is 14.1. The lowest BCUT2D eigenvalue weighted by molar-refractivity contribution is -0.134. The molecule has 0 N–H and O–H groups in total. The van der Waals surface area contributed by atoms with Gasteiger partial charge in [0.25, 0.3) is 0 Å². The normalized spacial score (nSPS) is 17.0. The van der Waals surface area contributed by atoms with Crippen molar-refractivity contribution in [3.8, 4) is 5.75 Å². The van der Waals surface area contributed by atoms with Crippen LogP contribution in [0.25, 0.3) is 0 Å². The second kappa shape index (κ2) is 7.42. The van der Waals surface area contributed by atoms with Gasteiger partial charge in [0, 0.05) is 26.2 Å². The van der Waals surface area contributed by atoms with E-state index in [0.29, 0.717) is 38.5 Å². The quantitative estimate of drug-likeness (QED) is 0.592. The summed E-state index contributed by atoms with van der Waals surface area (Å²) in [6.45, 7) is 4.06. The Balaban J connectivity index is 1.59. The Morgan fingerprint density at radius 1 is 1.12 bits per heavy atom. The first kappa shape index (κ1) is 17.1. The molecule has 8 heteroatoms. The molecule has 0 aliphatic carbocycles. The standard InChI is InChI=1S/C17H21N3O5/c1-2-24-17(23)19-9-7-18(8-10-19)15(21)11-20-12-16(22)25-14-6-4-3-5-13(14)20/h3-6H,2,7-12H2,1H3. The SMILES string of the molecule is CCOC(=O)N1CCN(C(=O)CN2CC(=O)Oc3ccccc32)CC1. The Bertz CT molecular complexity index is 670. The molecule has 134 valence electrons. The van der Waals surface area contributed by atoms with E-state index in [-0.39, 0.29) is 31.1 Å². The molecular weight excluding hydrogens is 326 g/mol. The van der Waals surface area contributed by atoms with Gasteiger partial charge in [-0.2, -0.15) is 0 Å². The number of benzene rings is 1. The Labute approximate surface area is 145 Å². The number of hydrogen-bond acceptors (Lipinski definition) is 6. The summed E-state index contributed by atoms with van der Waals surface area (Å²) in [5, 5.41) is 0. The summed E-state index contributed by atoms with van der Waals surface area (Å²) in [5.41, 5.74) is 0.737. The van der Waals surface area contributed by atoms with Crippen LogP contribution in [0.3, 0.4) is 0 Å². The van der Waals surface area contributed by atoms with Crippen molar-refractivity contribution in [3.05, 3.63) is 24.3 Å². The van der Waals surface area contributed by atoms with Gasteiger partial charge in [0.2, 0.25) is 5.91 Å². The number of para-hydroxylation sites is 2. The van der Waals surface area contributed by atoms with E-state index in [1.54, 1.807) is 33.8 Å². The van der Waals surface area contributed by atoms with Crippen molar-refractivity contribution in [2.45, 2.75) is 6.92 Å². The van der Waals surface area contributed by atoms with Gasteiger partial charge >= 0.3 is 12.1 Å². The number of carbonyl (C=O) groups is 3. The second-order valence-corrected chi connectivity index (χ2v) is 5.86. The fraction of sp³-hybridized carbons (Fsp3) is 0.471. The van der Waals surface area contributed by atoms with Crippen molar-refractivity contribution < 1.29 is 23.9 Å². The number of esters is 1. The molecule has 1 fully saturated rings. The minimum Gasteiger partial charge on any atom is -0.450 e. The first-order valence-corrected chi connectivity index (χ1v) is 8.32. The molecule has 3 rings (SSSR count). The van der Waals surface area contributed by atoms with E-state index in [0.717, 1.165) is 5.69 Å². The van der Waals surface area contributed by atoms with Crippen molar-refractivity contribution in [1.82, 2.24) is 9.80 Å². The van der Waals surface area contributed by atoms with Gasteiger partial charge in [0.15, 0.2) is 5.75 Å². The Morgan fingerprint density at radius 2 is 1.80 bits per heavy atom. The lowest BCUT2D eigenvalue weighted by atomic mass is 10.2. The van der Waals surface area contributed by atoms with E-state index >= 15 is 0 Å². The van der Waals surface area contributed by atoms with Crippen molar-refractivity contribution in [2.75, 3.05) is 50.8 Å². The highest BCUT2D eigenvalue weighted by Gasteiger charge is 2.29. The first-order valence-electron chi connectivity index (χ1n) is 8.32. The zero-order valence-corrected chi connectivity index (χ0v) is 14.1. The predicted octanol–water partition coefficient (Wildman–Crippen LogP) is 0.713.